The lowest BCUT2D eigenvalue weighted by Gasteiger charge is -1.99. The van der Waals surface area contributed by atoms with E-state index in [2.05, 4.69) is 31.7 Å². The molecule has 3 N–H and O–H groups in total. The van der Waals surface area contributed by atoms with Gasteiger partial charge in [-0.15, -0.1) is 5.10 Å². The average molecular weight is 191 g/mol. The minimum Gasteiger partial charge on any atom is -0.221 e. The van der Waals surface area contributed by atoms with E-state index in [1.165, 1.54) is 4.68 Å². The first-order chi connectivity index (χ1) is 5.58. The van der Waals surface area contributed by atoms with E-state index < -0.39 is 10.2 Å². The Bertz CT molecular complexity index is 317. The highest BCUT2D eigenvalue weighted by atomic mass is 32.2. The number of aromatic nitrogens is 4. The molecule has 0 unspecified atom stereocenters. The Labute approximate surface area is 68.9 Å². The summed E-state index contributed by atoms with van der Waals surface area (Å²) in [6, 6.07) is 0. The van der Waals surface area contributed by atoms with Crippen LogP contribution in [0.5, 0.6) is 0 Å². The highest BCUT2D eigenvalue weighted by Crippen LogP contribution is 1.75. The topological polar surface area (TPSA) is 116 Å². The predicted molar refractivity (Wildman–Crippen MR) is 37.8 cm³/mol. The molecule has 12 heavy (non-hydrogen) atoms. The van der Waals surface area contributed by atoms with Gasteiger partial charge in [0.15, 0.2) is 0 Å². The van der Waals surface area contributed by atoms with Crippen LogP contribution >= 0.6 is 0 Å². The van der Waals surface area contributed by atoms with Crippen molar-refractivity contribution in [2.24, 2.45) is 5.14 Å². The molecular weight excluding hydrogens is 184 g/mol. The monoisotopic (exact) mass is 191 g/mol. The van der Waals surface area contributed by atoms with Crippen molar-refractivity contribution in [2.75, 3.05) is 6.54 Å². The van der Waals surface area contributed by atoms with Crippen molar-refractivity contribution in [3.8, 4) is 0 Å². The molecule has 1 rings (SSSR count). The van der Waals surface area contributed by atoms with E-state index in [-0.39, 0.29) is 6.54 Å². The number of hydrogen-bond donors (Lipinski definition) is 2. The fourth-order valence-electron chi connectivity index (χ4n) is 0.548. The number of nitrogens with one attached hydrogen (secondary N) is 1. The molecule has 0 saturated heterocycles. The van der Waals surface area contributed by atoms with Gasteiger partial charge >= 0.3 is 0 Å². The van der Waals surface area contributed by atoms with E-state index in [4.69, 9.17) is 0 Å². The zero-order valence-corrected chi connectivity index (χ0v) is 6.82. The van der Waals surface area contributed by atoms with Gasteiger partial charge < -0.3 is 0 Å². The lowest BCUT2D eigenvalue weighted by molar-refractivity contribution is 0.552. The molecule has 1 radical (unpaired) electrons. The van der Waals surface area contributed by atoms with Crippen LogP contribution in [0.4, 0.5) is 0 Å². The largest absolute Gasteiger partial charge is 0.274 e. The highest BCUT2D eigenvalue weighted by Gasteiger charge is 2.00. The van der Waals surface area contributed by atoms with Crippen molar-refractivity contribution < 1.29 is 8.42 Å². The molecule has 1 aromatic heterocycles. The van der Waals surface area contributed by atoms with Crippen molar-refractivity contribution in [3.63, 3.8) is 0 Å². The van der Waals surface area contributed by atoms with E-state index >= 15 is 0 Å². The minimum atomic E-state index is -3.62. The van der Waals surface area contributed by atoms with Crippen molar-refractivity contribution >= 4 is 10.2 Å². The zero-order valence-electron chi connectivity index (χ0n) is 6.01. The molecule has 0 aliphatic heterocycles. The van der Waals surface area contributed by atoms with Gasteiger partial charge in [-0.1, -0.05) is 0 Å². The summed E-state index contributed by atoms with van der Waals surface area (Å²) in [5.41, 5.74) is 0. The molecule has 0 fully saturated rings. The summed E-state index contributed by atoms with van der Waals surface area (Å²) in [5, 5.41) is 14.7. The second-order valence-electron chi connectivity index (χ2n) is 1.94. The molecule has 0 spiro atoms. The molecule has 0 aliphatic rings. The number of tetrazole rings is 1. The average Bonchev–Trinajstić information content (AvgIpc) is 2.36. The SMILES string of the molecule is NS(=O)(=O)NCCn1[c]nnn1. The Hall–Kier alpha value is -1.06. The van der Waals surface area contributed by atoms with Crippen LogP contribution in [0.3, 0.4) is 0 Å². The normalized spacial score (nSPS) is 11.8. The van der Waals surface area contributed by atoms with Gasteiger partial charge in [-0.3, -0.25) is 0 Å². The van der Waals surface area contributed by atoms with E-state index in [1.807, 2.05) is 0 Å². The van der Waals surface area contributed by atoms with Crippen molar-refractivity contribution in [1.29, 1.82) is 0 Å². The molecule has 0 bridgehead atoms. The van der Waals surface area contributed by atoms with Gasteiger partial charge in [0.05, 0.1) is 6.54 Å². The smallest absolute Gasteiger partial charge is 0.221 e. The number of hydrogen-bond acceptors (Lipinski definition) is 5. The second kappa shape index (κ2) is 3.56. The van der Waals surface area contributed by atoms with E-state index in [9.17, 15) is 8.42 Å². The molecule has 0 saturated carbocycles. The fraction of sp³-hybridized carbons (Fsp3) is 0.667. The molecule has 0 aliphatic carbocycles. The fourth-order valence-corrected chi connectivity index (χ4v) is 0.924. The van der Waals surface area contributed by atoms with Gasteiger partial charge in [-0.2, -0.15) is 8.42 Å². The summed E-state index contributed by atoms with van der Waals surface area (Å²) < 4.78 is 24.0. The summed E-state index contributed by atoms with van der Waals surface area (Å²) in [5.74, 6) is 0. The maximum absolute atomic E-state index is 10.4. The Balaban J connectivity index is 2.29. The third-order valence-electron chi connectivity index (χ3n) is 0.980. The Kier molecular flexibility index (Phi) is 2.68. The van der Waals surface area contributed by atoms with Gasteiger partial charge in [-0.05, 0) is 10.4 Å². The maximum Gasteiger partial charge on any atom is 0.274 e. The molecule has 0 amide bonds. The Morgan fingerprint density at radius 1 is 1.58 bits per heavy atom. The van der Waals surface area contributed by atoms with Crippen LogP contribution in [0, 0.1) is 6.33 Å². The van der Waals surface area contributed by atoms with Gasteiger partial charge in [0.2, 0.25) is 6.33 Å². The van der Waals surface area contributed by atoms with Gasteiger partial charge in [0, 0.05) is 6.54 Å². The Morgan fingerprint density at radius 3 is 2.83 bits per heavy atom. The van der Waals surface area contributed by atoms with Crippen LogP contribution in [0.25, 0.3) is 0 Å². The summed E-state index contributed by atoms with van der Waals surface area (Å²) in [4.78, 5) is 0. The van der Waals surface area contributed by atoms with Crippen LogP contribution in [-0.4, -0.2) is 35.2 Å². The highest BCUT2D eigenvalue weighted by molar-refractivity contribution is 7.87. The third kappa shape index (κ3) is 3.37. The number of nitrogens with two attached hydrogens (primary N) is 1. The van der Waals surface area contributed by atoms with E-state index in [0.29, 0.717) is 6.54 Å². The molecule has 9 heteroatoms. The molecule has 1 aromatic rings. The Morgan fingerprint density at radius 2 is 2.33 bits per heavy atom. The van der Waals surface area contributed by atoms with Crippen molar-refractivity contribution in [1.82, 2.24) is 24.9 Å². The van der Waals surface area contributed by atoms with Crippen LogP contribution in [0.15, 0.2) is 0 Å². The first-order valence-electron chi connectivity index (χ1n) is 2.99. The van der Waals surface area contributed by atoms with Crippen molar-refractivity contribution in [3.05, 3.63) is 6.33 Å². The summed E-state index contributed by atoms with van der Waals surface area (Å²) in [6.45, 7) is 0.434. The van der Waals surface area contributed by atoms with Gasteiger partial charge in [0.1, 0.15) is 0 Å². The van der Waals surface area contributed by atoms with E-state index in [0.717, 1.165) is 0 Å². The predicted octanol–water partition coefficient (Wildman–Crippen LogP) is -2.73. The molecule has 8 nitrogen and oxygen atoms in total. The van der Waals surface area contributed by atoms with Crippen LogP contribution in [0.2, 0.25) is 0 Å². The summed E-state index contributed by atoms with van der Waals surface area (Å²) >= 11 is 0. The van der Waals surface area contributed by atoms with Crippen LogP contribution < -0.4 is 9.86 Å². The standard InChI is InChI=1S/C3H7N6O2S/c4-12(10,11)6-1-2-9-3-5-7-8-9/h6H,1-2H2,(H2,4,10,11). The second-order valence-corrected chi connectivity index (χ2v) is 3.32. The summed E-state index contributed by atoms with van der Waals surface area (Å²) in [7, 11) is -3.62. The van der Waals surface area contributed by atoms with Crippen molar-refractivity contribution in [2.45, 2.75) is 6.54 Å². The van der Waals surface area contributed by atoms with E-state index in [1.54, 1.807) is 0 Å². The lowest BCUT2D eigenvalue weighted by atomic mass is 10.7. The minimum absolute atomic E-state index is 0.139. The zero-order chi connectivity index (χ0) is 9.03. The third-order valence-corrected chi connectivity index (χ3v) is 1.59. The molecule has 0 atom stereocenters. The van der Waals surface area contributed by atoms with Gasteiger partial charge in [-0.25, -0.2) is 14.5 Å². The van der Waals surface area contributed by atoms with Crippen LogP contribution in [-0.2, 0) is 16.8 Å². The number of nitrogens with zero attached hydrogens (tertiary/aromatic N) is 4. The summed E-state index contributed by atoms with van der Waals surface area (Å²) in [6.07, 6.45) is 2.39. The first kappa shape index (κ1) is 9.03. The maximum atomic E-state index is 10.4. The molecular formula is C3H7N6O2S. The molecule has 1 heterocycles. The molecule has 0 aromatic carbocycles. The first-order valence-corrected chi connectivity index (χ1v) is 4.54. The lowest BCUT2D eigenvalue weighted by Crippen LogP contribution is -2.33. The molecule has 67 valence electrons. The van der Waals surface area contributed by atoms with Gasteiger partial charge in [0.25, 0.3) is 10.2 Å². The van der Waals surface area contributed by atoms with Crippen LogP contribution in [0.1, 0.15) is 0 Å². The number of rotatable bonds is 4. The quantitative estimate of drug-likeness (QED) is 0.535.